The van der Waals surface area contributed by atoms with Crippen LogP contribution >= 0.6 is 23.2 Å². The molecule has 0 N–H and O–H groups in total. The van der Waals surface area contributed by atoms with Crippen LogP contribution in [0.5, 0.6) is 5.75 Å². The number of nitrogens with zero attached hydrogens (tertiary/aromatic N) is 1. The summed E-state index contributed by atoms with van der Waals surface area (Å²) in [4.78, 5) is 4.26. The highest BCUT2D eigenvalue weighted by Gasteiger charge is 2.15. The van der Waals surface area contributed by atoms with Gasteiger partial charge in [0, 0.05) is 28.9 Å². The lowest BCUT2D eigenvalue weighted by molar-refractivity contribution is 0.409. The van der Waals surface area contributed by atoms with Crippen molar-refractivity contribution in [3.8, 4) is 5.75 Å². The van der Waals surface area contributed by atoms with E-state index in [2.05, 4.69) is 4.98 Å². The maximum atomic E-state index is 6.42. The van der Waals surface area contributed by atoms with Crippen molar-refractivity contribution in [2.24, 2.45) is 0 Å². The van der Waals surface area contributed by atoms with Gasteiger partial charge in [-0.2, -0.15) is 0 Å². The smallest absolute Gasteiger partial charge is 0.123 e. The number of pyridine rings is 1. The van der Waals surface area contributed by atoms with E-state index in [4.69, 9.17) is 27.9 Å². The number of rotatable bonds is 4. The minimum Gasteiger partial charge on any atom is -0.496 e. The van der Waals surface area contributed by atoms with Gasteiger partial charge in [0.05, 0.1) is 12.5 Å². The van der Waals surface area contributed by atoms with Gasteiger partial charge in [-0.3, -0.25) is 4.98 Å². The summed E-state index contributed by atoms with van der Waals surface area (Å²) in [6, 6.07) is 11.2. The highest BCUT2D eigenvalue weighted by atomic mass is 35.5. The van der Waals surface area contributed by atoms with E-state index in [1.807, 2.05) is 30.3 Å². The topological polar surface area (TPSA) is 22.1 Å². The quantitative estimate of drug-likeness (QED) is 0.781. The Labute approximate surface area is 117 Å². The zero-order chi connectivity index (χ0) is 13.0. The molecule has 1 atom stereocenters. The number of alkyl halides is 1. The lowest BCUT2D eigenvalue weighted by Gasteiger charge is -2.14. The first kappa shape index (κ1) is 13.2. The monoisotopic (exact) mass is 281 g/mol. The van der Waals surface area contributed by atoms with Gasteiger partial charge in [0.2, 0.25) is 0 Å². The van der Waals surface area contributed by atoms with Crippen molar-refractivity contribution in [1.82, 2.24) is 4.98 Å². The van der Waals surface area contributed by atoms with Crippen LogP contribution in [0, 0.1) is 0 Å². The second kappa shape index (κ2) is 6.07. The number of benzene rings is 1. The van der Waals surface area contributed by atoms with Crippen LogP contribution in [0.4, 0.5) is 0 Å². The van der Waals surface area contributed by atoms with E-state index < -0.39 is 0 Å². The first-order chi connectivity index (χ1) is 8.70. The second-order valence-electron chi connectivity index (χ2n) is 3.88. The fourth-order valence-corrected chi connectivity index (χ4v) is 2.27. The van der Waals surface area contributed by atoms with E-state index in [0.717, 1.165) is 17.0 Å². The molecule has 0 saturated carbocycles. The summed E-state index contributed by atoms with van der Waals surface area (Å²) in [7, 11) is 1.62. The van der Waals surface area contributed by atoms with Crippen LogP contribution in [0.3, 0.4) is 0 Å². The van der Waals surface area contributed by atoms with Crippen LogP contribution in [-0.2, 0) is 6.42 Å². The van der Waals surface area contributed by atoms with Gasteiger partial charge in [-0.15, -0.1) is 11.6 Å². The molecule has 0 radical (unpaired) electrons. The molecule has 1 aromatic carbocycles. The van der Waals surface area contributed by atoms with E-state index in [-0.39, 0.29) is 5.38 Å². The van der Waals surface area contributed by atoms with Crippen molar-refractivity contribution in [1.29, 1.82) is 0 Å². The molecule has 0 saturated heterocycles. The Morgan fingerprint density at radius 2 is 2.11 bits per heavy atom. The molecule has 0 amide bonds. The number of halogens is 2. The molecular formula is C14H13Cl2NO. The Morgan fingerprint density at radius 3 is 2.78 bits per heavy atom. The van der Waals surface area contributed by atoms with Crippen molar-refractivity contribution in [3.63, 3.8) is 0 Å². The van der Waals surface area contributed by atoms with Crippen LogP contribution in [0.25, 0.3) is 0 Å². The third-order valence-corrected chi connectivity index (χ3v) is 3.27. The Bertz CT molecular complexity index is 516. The molecular weight excluding hydrogens is 269 g/mol. The van der Waals surface area contributed by atoms with Gasteiger partial charge in [0.1, 0.15) is 5.75 Å². The van der Waals surface area contributed by atoms with E-state index >= 15 is 0 Å². The molecule has 2 aromatic rings. The van der Waals surface area contributed by atoms with Crippen LogP contribution < -0.4 is 4.74 Å². The Kier molecular flexibility index (Phi) is 4.45. The summed E-state index contributed by atoms with van der Waals surface area (Å²) < 4.78 is 5.30. The first-order valence-electron chi connectivity index (χ1n) is 5.58. The van der Waals surface area contributed by atoms with Crippen molar-refractivity contribution in [2.75, 3.05) is 7.11 Å². The SMILES string of the molecule is COc1ccc(Cl)cc1C(Cl)Cc1ccccn1. The lowest BCUT2D eigenvalue weighted by atomic mass is 10.1. The highest BCUT2D eigenvalue weighted by molar-refractivity contribution is 6.31. The van der Waals surface area contributed by atoms with Gasteiger partial charge in [-0.1, -0.05) is 17.7 Å². The molecule has 2 rings (SSSR count). The molecule has 1 aromatic heterocycles. The maximum absolute atomic E-state index is 6.42. The molecule has 94 valence electrons. The molecule has 0 spiro atoms. The molecule has 1 heterocycles. The van der Waals surface area contributed by atoms with Crippen LogP contribution in [-0.4, -0.2) is 12.1 Å². The van der Waals surface area contributed by atoms with E-state index in [9.17, 15) is 0 Å². The molecule has 0 bridgehead atoms. The van der Waals surface area contributed by atoms with Crippen LogP contribution in [0.15, 0.2) is 42.6 Å². The average Bonchev–Trinajstić information content (AvgIpc) is 2.40. The minimum absolute atomic E-state index is 0.214. The number of ether oxygens (including phenoxy) is 1. The van der Waals surface area contributed by atoms with Gasteiger partial charge >= 0.3 is 0 Å². The van der Waals surface area contributed by atoms with E-state index in [0.29, 0.717) is 11.4 Å². The summed E-state index contributed by atoms with van der Waals surface area (Å²) in [6.45, 7) is 0. The molecule has 4 heteroatoms. The first-order valence-corrected chi connectivity index (χ1v) is 6.39. The summed E-state index contributed by atoms with van der Waals surface area (Å²) in [5.74, 6) is 0.746. The average molecular weight is 282 g/mol. The molecule has 1 unspecified atom stereocenters. The Hall–Kier alpha value is -1.25. The summed E-state index contributed by atoms with van der Waals surface area (Å²) in [5.41, 5.74) is 1.83. The third-order valence-electron chi connectivity index (χ3n) is 2.64. The Balaban J connectivity index is 2.23. The fourth-order valence-electron chi connectivity index (χ4n) is 1.76. The van der Waals surface area contributed by atoms with Crippen molar-refractivity contribution in [3.05, 3.63) is 58.9 Å². The van der Waals surface area contributed by atoms with Crippen molar-refractivity contribution >= 4 is 23.2 Å². The second-order valence-corrected chi connectivity index (χ2v) is 4.84. The zero-order valence-corrected chi connectivity index (χ0v) is 11.4. The summed E-state index contributed by atoms with van der Waals surface area (Å²) >= 11 is 12.4. The molecule has 0 aliphatic heterocycles. The molecule has 2 nitrogen and oxygen atoms in total. The largest absolute Gasteiger partial charge is 0.496 e. The zero-order valence-electron chi connectivity index (χ0n) is 9.94. The van der Waals surface area contributed by atoms with Crippen LogP contribution in [0.2, 0.25) is 5.02 Å². The molecule has 0 aliphatic rings. The standard InChI is InChI=1S/C14H13Cl2NO/c1-18-14-6-5-10(15)8-12(14)13(16)9-11-4-2-3-7-17-11/h2-8,13H,9H2,1H3. The normalized spacial score (nSPS) is 12.2. The van der Waals surface area contributed by atoms with Crippen molar-refractivity contribution < 1.29 is 4.74 Å². The predicted octanol–water partition coefficient (Wildman–Crippen LogP) is 4.27. The van der Waals surface area contributed by atoms with Gasteiger partial charge in [0.25, 0.3) is 0 Å². The summed E-state index contributed by atoms with van der Waals surface area (Å²) in [5, 5.41) is 0.436. The predicted molar refractivity (Wildman–Crippen MR) is 74.5 cm³/mol. The van der Waals surface area contributed by atoms with Gasteiger partial charge in [-0.05, 0) is 30.3 Å². The fraction of sp³-hybridized carbons (Fsp3) is 0.214. The van der Waals surface area contributed by atoms with Gasteiger partial charge in [0.15, 0.2) is 0 Å². The molecule has 0 fully saturated rings. The lowest BCUT2D eigenvalue weighted by Crippen LogP contribution is -2.00. The Morgan fingerprint density at radius 1 is 1.28 bits per heavy atom. The van der Waals surface area contributed by atoms with Crippen LogP contribution in [0.1, 0.15) is 16.6 Å². The number of aromatic nitrogens is 1. The van der Waals surface area contributed by atoms with Gasteiger partial charge < -0.3 is 4.74 Å². The third kappa shape index (κ3) is 3.15. The molecule has 0 aliphatic carbocycles. The molecule has 18 heavy (non-hydrogen) atoms. The number of hydrogen-bond donors (Lipinski definition) is 0. The van der Waals surface area contributed by atoms with Crippen molar-refractivity contribution in [2.45, 2.75) is 11.8 Å². The minimum atomic E-state index is -0.214. The number of hydrogen-bond acceptors (Lipinski definition) is 2. The maximum Gasteiger partial charge on any atom is 0.123 e. The van der Waals surface area contributed by atoms with E-state index in [1.165, 1.54) is 0 Å². The van der Waals surface area contributed by atoms with Gasteiger partial charge in [-0.25, -0.2) is 0 Å². The van der Waals surface area contributed by atoms with E-state index in [1.54, 1.807) is 19.4 Å². The highest BCUT2D eigenvalue weighted by Crippen LogP contribution is 2.33. The summed E-state index contributed by atoms with van der Waals surface area (Å²) in [6.07, 6.45) is 2.40. The number of methoxy groups -OCH3 is 1.